The number of ether oxygens (including phenoxy) is 1. The molecule has 1 saturated carbocycles. The van der Waals surface area contributed by atoms with Gasteiger partial charge in [0, 0.05) is 16.7 Å². The van der Waals surface area contributed by atoms with Crippen molar-refractivity contribution in [1.82, 2.24) is 4.90 Å². The minimum absolute atomic E-state index is 0.193. The zero-order valence-corrected chi connectivity index (χ0v) is 23.2. The lowest BCUT2D eigenvalue weighted by atomic mass is 9.72. The first kappa shape index (κ1) is 25.9. The van der Waals surface area contributed by atoms with E-state index in [1.165, 1.54) is 22.7 Å². The number of thiophene rings is 2. The molecule has 194 valence electrons. The van der Waals surface area contributed by atoms with Gasteiger partial charge < -0.3 is 14.7 Å². The lowest BCUT2D eigenvalue weighted by molar-refractivity contribution is -0.161. The van der Waals surface area contributed by atoms with Gasteiger partial charge in [-0.3, -0.25) is 9.59 Å². The van der Waals surface area contributed by atoms with Gasteiger partial charge in [-0.2, -0.15) is 0 Å². The second-order valence-electron chi connectivity index (χ2n) is 9.95. The van der Waals surface area contributed by atoms with Gasteiger partial charge in [0.2, 0.25) is 5.91 Å². The van der Waals surface area contributed by atoms with Crippen molar-refractivity contribution in [3.8, 4) is 5.75 Å². The number of carboxylic acids is 1. The molecule has 2 aliphatic rings. The highest BCUT2D eigenvalue weighted by atomic mass is 35.5. The summed E-state index contributed by atoms with van der Waals surface area (Å²) in [5.41, 5.74) is -0.0857. The van der Waals surface area contributed by atoms with Gasteiger partial charge in [-0.15, -0.1) is 22.7 Å². The maximum Gasteiger partial charge on any atom is 0.330 e. The Kier molecular flexibility index (Phi) is 6.94. The molecule has 9 heteroatoms. The molecule has 5 rings (SSSR count). The van der Waals surface area contributed by atoms with Crippen molar-refractivity contribution in [2.75, 3.05) is 7.11 Å². The molecule has 1 N–H and O–H groups in total. The van der Waals surface area contributed by atoms with Crippen molar-refractivity contribution in [3.05, 3.63) is 73.1 Å². The van der Waals surface area contributed by atoms with Crippen LogP contribution in [0, 0.1) is 18.8 Å². The zero-order valence-electron chi connectivity index (χ0n) is 20.8. The maximum atomic E-state index is 14.3. The lowest BCUT2D eigenvalue weighted by Gasteiger charge is -2.41. The molecule has 2 fully saturated rings. The summed E-state index contributed by atoms with van der Waals surface area (Å²) >= 11 is 8.84. The molecule has 4 atom stereocenters. The summed E-state index contributed by atoms with van der Waals surface area (Å²) in [6.07, 6.45) is 2.39. The number of benzene rings is 1. The Hall–Kier alpha value is -2.68. The number of hydrogen-bond donors (Lipinski definition) is 1. The van der Waals surface area contributed by atoms with E-state index >= 15 is 0 Å². The van der Waals surface area contributed by atoms with Crippen LogP contribution in [0.1, 0.15) is 63.8 Å². The van der Waals surface area contributed by atoms with Gasteiger partial charge in [0.05, 0.1) is 28.3 Å². The number of nitrogens with zero attached hydrogens (tertiary/aromatic N) is 1. The number of amides is 1. The minimum atomic E-state index is -1.67. The number of likely N-dealkylation sites (tertiary alicyclic amines) is 1. The fraction of sp³-hybridized carbons (Fsp3) is 0.393. The Morgan fingerprint density at radius 1 is 1.16 bits per heavy atom. The summed E-state index contributed by atoms with van der Waals surface area (Å²) in [5.74, 6) is -2.86. The predicted octanol–water partition coefficient (Wildman–Crippen LogP) is 6.59. The van der Waals surface area contributed by atoms with E-state index in [0.29, 0.717) is 20.5 Å². The number of carboxylic acid groups (broad SMARTS) is 1. The average molecular weight is 558 g/mol. The van der Waals surface area contributed by atoms with E-state index in [4.69, 9.17) is 16.3 Å². The third kappa shape index (κ3) is 4.19. The summed E-state index contributed by atoms with van der Waals surface area (Å²) in [6, 6.07) is 11.8. The molecule has 0 bridgehead atoms. The molecule has 0 spiro atoms. The number of halogens is 1. The van der Waals surface area contributed by atoms with Crippen molar-refractivity contribution >= 4 is 51.9 Å². The van der Waals surface area contributed by atoms with E-state index in [0.717, 1.165) is 29.7 Å². The molecule has 6 nitrogen and oxygen atoms in total. The standard InChI is InChI=1S/C28H28ClNO5S2/c1-15-12-13-36-25(15)23-21(24(31)19-10-11-20(29)37-19)22(17-8-5-9-18(14-17)35-3)28(2,27(33)34)30(23)26(32)16-6-4-7-16/h5,8-14,16,21-23H,4,6-7H2,1-3H3,(H,33,34). The van der Waals surface area contributed by atoms with Gasteiger partial charge in [-0.1, -0.05) is 30.2 Å². The number of rotatable bonds is 7. The van der Waals surface area contributed by atoms with Crippen LogP contribution in [0.2, 0.25) is 4.34 Å². The molecule has 1 aliphatic heterocycles. The number of hydrogen-bond acceptors (Lipinski definition) is 6. The molecule has 3 aromatic rings. The van der Waals surface area contributed by atoms with Gasteiger partial charge in [0.1, 0.15) is 11.3 Å². The summed E-state index contributed by atoms with van der Waals surface area (Å²) < 4.78 is 5.94. The number of methoxy groups -OCH3 is 1. The molecule has 1 amide bonds. The van der Waals surface area contributed by atoms with E-state index in [2.05, 4.69) is 0 Å². The summed E-state index contributed by atoms with van der Waals surface area (Å²) in [7, 11) is 1.55. The van der Waals surface area contributed by atoms with Gasteiger partial charge in [0.15, 0.2) is 5.78 Å². The van der Waals surface area contributed by atoms with Crippen LogP contribution >= 0.6 is 34.3 Å². The van der Waals surface area contributed by atoms with E-state index < -0.39 is 29.4 Å². The second-order valence-corrected chi connectivity index (χ2v) is 12.6. The molecule has 4 unspecified atom stereocenters. The van der Waals surface area contributed by atoms with Gasteiger partial charge in [-0.25, -0.2) is 4.79 Å². The fourth-order valence-electron chi connectivity index (χ4n) is 5.83. The zero-order chi connectivity index (χ0) is 26.5. The molecular formula is C28H28ClNO5S2. The Morgan fingerprint density at radius 3 is 2.46 bits per heavy atom. The van der Waals surface area contributed by atoms with Crippen molar-refractivity contribution < 1.29 is 24.2 Å². The first-order valence-electron chi connectivity index (χ1n) is 12.2. The first-order valence-corrected chi connectivity index (χ1v) is 14.3. The number of Topliss-reactive ketones (excluding diaryl/α,β-unsaturated/α-hetero) is 1. The summed E-state index contributed by atoms with van der Waals surface area (Å²) in [6.45, 7) is 3.54. The van der Waals surface area contributed by atoms with Crippen LogP contribution in [-0.4, -0.2) is 40.3 Å². The van der Waals surface area contributed by atoms with Crippen molar-refractivity contribution in [3.63, 3.8) is 0 Å². The van der Waals surface area contributed by atoms with E-state index in [1.54, 1.807) is 49.3 Å². The van der Waals surface area contributed by atoms with Crippen molar-refractivity contribution in [1.29, 1.82) is 0 Å². The van der Waals surface area contributed by atoms with E-state index in [-0.39, 0.29) is 17.6 Å². The van der Waals surface area contributed by atoms with Gasteiger partial charge in [-0.05, 0) is 73.5 Å². The van der Waals surface area contributed by atoms with E-state index in [9.17, 15) is 19.5 Å². The summed E-state index contributed by atoms with van der Waals surface area (Å²) in [4.78, 5) is 44.5. The molecule has 1 aromatic carbocycles. The largest absolute Gasteiger partial charge is 0.497 e. The van der Waals surface area contributed by atoms with Gasteiger partial charge >= 0.3 is 5.97 Å². The summed E-state index contributed by atoms with van der Waals surface area (Å²) in [5, 5.41) is 12.8. The highest BCUT2D eigenvalue weighted by Crippen LogP contribution is 2.59. The molecule has 1 saturated heterocycles. The molecule has 3 heterocycles. The van der Waals surface area contributed by atoms with Crippen LogP contribution in [0.4, 0.5) is 0 Å². The lowest BCUT2D eigenvalue weighted by Crippen LogP contribution is -2.56. The van der Waals surface area contributed by atoms with Crippen LogP contribution < -0.4 is 4.74 Å². The van der Waals surface area contributed by atoms with Crippen LogP contribution in [0.25, 0.3) is 0 Å². The second kappa shape index (κ2) is 9.89. The van der Waals surface area contributed by atoms with Crippen molar-refractivity contribution in [2.24, 2.45) is 11.8 Å². The maximum absolute atomic E-state index is 14.3. The quantitative estimate of drug-likeness (QED) is 0.331. The third-order valence-corrected chi connectivity index (χ3v) is 10.3. The topological polar surface area (TPSA) is 83.9 Å². The SMILES string of the molecule is COc1cccc(C2C(C(=O)c3ccc(Cl)s3)C(c3sccc3C)N(C(=O)C3CCC3)C2(C)C(=O)O)c1. The number of aryl methyl sites for hydroxylation is 1. The highest BCUT2D eigenvalue weighted by Gasteiger charge is 2.66. The van der Waals surface area contributed by atoms with Crippen LogP contribution in [0.5, 0.6) is 5.75 Å². The van der Waals surface area contributed by atoms with Gasteiger partial charge in [0.25, 0.3) is 0 Å². The molecule has 37 heavy (non-hydrogen) atoms. The van der Waals surface area contributed by atoms with Crippen LogP contribution in [0.3, 0.4) is 0 Å². The highest BCUT2D eigenvalue weighted by molar-refractivity contribution is 7.18. The minimum Gasteiger partial charge on any atom is -0.497 e. The molecule has 2 aromatic heterocycles. The van der Waals surface area contributed by atoms with Crippen LogP contribution in [0.15, 0.2) is 47.8 Å². The van der Waals surface area contributed by atoms with Crippen LogP contribution in [-0.2, 0) is 9.59 Å². The molecule has 1 aliphatic carbocycles. The number of carbonyl (C=O) groups excluding carboxylic acids is 2. The Morgan fingerprint density at radius 2 is 1.92 bits per heavy atom. The number of aliphatic carboxylic acids is 1. The average Bonchev–Trinajstić information content (AvgIpc) is 3.53. The number of carbonyl (C=O) groups is 3. The fourth-order valence-corrected chi connectivity index (χ4v) is 7.92. The predicted molar refractivity (Wildman–Crippen MR) is 145 cm³/mol. The normalized spacial score (nSPS) is 25.6. The first-order chi connectivity index (χ1) is 17.7. The molecule has 0 radical (unpaired) electrons. The Bertz CT molecular complexity index is 1360. The Labute approximate surface area is 228 Å². The Balaban J connectivity index is 1.80. The van der Waals surface area contributed by atoms with E-state index in [1.807, 2.05) is 24.4 Å². The monoisotopic (exact) mass is 557 g/mol. The smallest absolute Gasteiger partial charge is 0.330 e. The molecular weight excluding hydrogens is 530 g/mol. The van der Waals surface area contributed by atoms with Crippen molar-refractivity contribution in [2.45, 2.75) is 50.6 Å². The third-order valence-electron chi connectivity index (χ3n) is 7.95. The number of ketones is 1.